The lowest BCUT2D eigenvalue weighted by Gasteiger charge is -2.17. The number of aromatic nitrogens is 2. The van der Waals surface area contributed by atoms with Gasteiger partial charge in [-0.3, -0.25) is 14.3 Å². The Balaban J connectivity index is 2.35. The molecule has 0 aliphatic carbocycles. The summed E-state index contributed by atoms with van der Waals surface area (Å²) in [5.74, 6) is 0. The maximum atomic E-state index is 11.5. The largest absolute Gasteiger partial charge is 0.391 e. The molecule has 5 atom stereocenters. The van der Waals surface area contributed by atoms with Crippen LogP contribution in [-0.4, -0.2) is 49.3 Å². The van der Waals surface area contributed by atoms with E-state index < -0.39 is 41.9 Å². The summed E-state index contributed by atoms with van der Waals surface area (Å²) in [6.07, 6.45) is -4.67. The smallest absolute Gasteiger partial charge is 0.330 e. The van der Waals surface area contributed by atoms with Crippen molar-refractivity contribution in [1.82, 2.24) is 9.55 Å². The lowest BCUT2D eigenvalue weighted by Crippen LogP contribution is -2.38. The van der Waals surface area contributed by atoms with Crippen molar-refractivity contribution in [2.75, 3.05) is 0 Å². The van der Waals surface area contributed by atoms with Gasteiger partial charge < -0.3 is 20.1 Å². The van der Waals surface area contributed by atoms with Crippen molar-refractivity contribution in [1.29, 1.82) is 0 Å². The van der Waals surface area contributed by atoms with Crippen LogP contribution >= 0.6 is 0 Å². The average Bonchev–Trinajstić information content (AvgIpc) is 2.57. The molecule has 1 aromatic rings. The Bertz CT molecular complexity index is 536. The van der Waals surface area contributed by atoms with Crippen molar-refractivity contribution in [3.8, 4) is 0 Å². The van der Waals surface area contributed by atoms with Crippen LogP contribution in [0.5, 0.6) is 0 Å². The summed E-state index contributed by atoms with van der Waals surface area (Å²) < 4.78 is 6.20. The Morgan fingerprint density at radius 2 is 2.06 bits per heavy atom. The number of nitrogens with zero attached hydrogens (tertiary/aromatic N) is 1. The van der Waals surface area contributed by atoms with Gasteiger partial charge in [0.2, 0.25) is 0 Å². The fourth-order valence-corrected chi connectivity index (χ4v) is 1.94. The normalized spacial score (nSPS) is 33.6. The van der Waals surface area contributed by atoms with Gasteiger partial charge in [0.25, 0.3) is 5.56 Å². The number of aromatic amines is 1. The number of aliphatic hydroxyl groups excluding tert-OH is 3. The number of rotatable bonds is 2. The molecule has 1 aliphatic rings. The predicted molar refractivity (Wildman–Crippen MR) is 58.9 cm³/mol. The van der Waals surface area contributed by atoms with Gasteiger partial charge in [-0.2, -0.15) is 0 Å². The summed E-state index contributed by atoms with van der Waals surface area (Å²) in [6.45, 7) is 1.40. The molecule has 0 saturated carbocycles. The van der Waals surface area contributed by atoms with E-state index in [1.54, 1.807) is 0 Å². The predicted octanol–water partition coefficient (Wildman–Crippen LogP) is -2.46. The van der Waals surface area contributed by atoms with E-state index in [-0.39, 0.29) is 0 Å². The average molecular weight is 258 g/mol. The summed E-state index contributed by atoms with van der Waals surface area (Å²) in [7, 11) is 0. The Hall–Kier alpha value is -1.48. The van der Waals surface area contributed by atoms with Gasteiger partial charge in [-0.25, -0.2) is 4.79 Å². The molecule has 1 fully saturated rings. The molecule has 18 heavy (non-hydrogen) atoms. The second-order valence-corrected chi connectivity index (χ2v) is 4.23. The third-order valence-electron chi connectivity index (χ3n) is 2.88. The number of aliphatic hydroxyl groups is 3. The van der Waals surface area contributed by atoms with Crippen LogP contribution in [0.1, 0.15) is 13.2 Å². The molecule has 8 heteroatoms. The van der Waals surface area contributed by atoms with E-state index >= 15 is 0 Å². The first kappa shape index (κ1) is 13.0. The van der Waals surface area contributed by atoms with E-state index in [2.05, 4.69) is 0 Å². The van der Waals surface area contributed by atoms with Crippen molar-refractivity contribution < 1.29 is 20.1 Å². The van der Waals surface area contributed by atoms with Gasteiger partial charge >= 0.3 is 5.69 Å². The molecule has 4 N–H and O–H groups in total. The first-order valence-electron chi connectivity index (χ1n) is 5.43. The third kappa shape index (κ3) is 2.10. The van der Waals surface area contributed by atoms with Crippen LogP contribution < -0.4 is 11.2 Å². The molecule has 1 aromatic heterocycles. The number of hydrogen-bond donors (Lipinski definition) is 4. The van der Waals surface area contributed by atoms with Crippen LogP contribution in [0.3, 0.4) is 0 Å². The first-order valence-corrected chi connectivity index (χ1v) is 5.43. The van der Waals surface area contributed by atoms with E-state index in [9.17, 15) is 24.9 Å². The standard InChI is InChI=1S/C10H14N2O6/c1-4(13)8-6(15)7(16)9(18-8)12-3-2-5(14)11-10(12)17/h2-4,6-9,13,15-16H,1H3,(H,11,14,17)/t4-,6-,7?,8+,9-/m1/s1. The Morgan fingerprint density at radius 1 is 1.39 bits per heavy atom. The van der Waals surface area contributed by atoms with Crippen LogP contribution in [-0.2, 0) is 4.74 Å². The fraction of sp³-hybridized carbons (Fsp3) is 0.600. The van der Waals surface area contributed by atoms with Crippen LogP contribution in [0.25, 0.3) is 0 Å². The number of nitrogens with one attached hydrogen (secondary N) is 1. The van der Waals surface area contributed by atoms with Gasteiger partial charge in [0.15, 0.2) is 6.23 Å². The molecular weight excluding hydrogens is 244 g/mol. The Kier molecular flexibility index (Phi) is 3.35. The van der Waals surface area contributed by atoms with Crippen molar-refractivity contribution in [2.24, 2.45) is 0 Å². The molecule has 0 spiro atoms. The summed E-state index contributed by atoms with van der Waals surface area (Å²) >= 11 is 0. The van der Waals surface area contributed by atoms with E-state index in [4.69, 9.17) is 4.74 Å². The van der Waals surface area contributed by atoms with Crippen molar-refractivity contribution >= 4 is 0 Å². The van der Waals surface area contributed by atoms with Crippen LogP contribution in [0.2, 0.25) is 0 Å². The van der Waals surface area contributed by atoms with Gasteiger partial charge in [-0.1, -0.05) is 0 Å². The van der Waals surface area contributed by atoms with E-state index in [0.29, 0.717) is 0 Å². The molecule has 1 aliphatic heterocycles. The van der Waals surface area contributed by atoms with Gasteiger partial charge in [0, 0.05) is 12.3 Å². The molecule has 8 nitrogen and oxygen atoms in total. The Labute approximate surface area is 101 Å². The minimum Gasteiger partial charge on any atom is -0.391 e. The van der Waals surface area contributed by atoms with Crippen molar-refractivity contribution in [3.63, 3.8) is 0 Å². The van der Waals surface area contributed by atoms with Crippen LogP contribution in [0, 0.1) is 0 Å². The van der Waals surface area contributed by atoms with E-state index in [1.165, 1.54) is 6.92 Å². The monoisotopic (exact) mass is 258 g/mol. The zero-order valence-corrected chi connectivity index (χ0v) is 9.56. The fourth-order valence-electron chi connectivity index (χ4n) is 1.94. The lowest BCUT2D eigenvalue weighted by atomic mass is 10.1. The Morgan fingerprint density at radius 3 is 2.56 bits per heavy atom. The highest BCUT2D eigenvalue weighted by Crippen LogP contribution is 2.29. The minimum atomic E-state index is -1.37. The topological polar surface area (TPSA) is 125 Å². The zero-order chi connectivity index (χ0) is 13.4. The highest BCUT2D eigenvalue weighted by Gasteiger charge is 2.45. The van der Waals surface area contributed by atoms with E-state index in [0.717, 1.165) is 16.8 Å². The SMILES string of the molecule is C[C@@H](O)[C@@H]1O[C@@H](n2ccc(=O)[nH]c2=O)C(O)[C@H]1O. The molecule has 100 valence electrons. The quantitative estimate of drug-likeness (QED) is 0.466. The lowest BCUT2D eigenvalue weighted by molar-refractivity contribution is -0.0804. The van der Waals surface area contributed by atoms with Crippen LogP contribution in [0.15, 0.2) is 21.9 Å². The highest BCUT2D eigenvalue weighted by molar-refractivity contribution is 4.94. The maximum absolute atomic E-state index is 11.5. The van der Waals surface area contributed by atoms with Crippen LogP contribution in [0.4, 0.5) is 0 Å². The molecule has 0 bridgehead atoms. The molecule has 0 amide bonds. The van der Waals surface area contributed by atoms with E-state index in [1.807, 2.05) is 4.98 Å². The number of hydrogen-bond acceptors (Lipinski definition) is 6. The third-order valence-corrected chi connectivity index (χ3v) is 2.88. The first-order chi connectivity index (χ1) is 8.41. The molecule has 1 unspecified atom stereocenters. The van der Waals surface area contributed by atoms with Gasteiger partial charge in [-0.05, 0) is 6.92 Å². The van der Waals surface area contributed by atoms with Gasteiger partial charge in [0.05, 0.1) is 6.10 Å². The summed E-state index contributed by atoms with van der Waals surface area (Å²) in [5.41, 5.74) is -1.33. The molecule has 0 aromatic carbocycles. The summed E-state index contributed by atoms with van der Waals surface area (Å²) in [5, 5.41) is 28.8. The maximum Gasteiger partial charge on any atom is 0.330 e. The van der Waals surface area contributed by atoms with Crippen molar-refractivity contribution in [2.45, 2.75) is 37.6 Å². The van der Waals surface area contributed by atoms with Gasteiger partial charge in [-0.15, -0.1) is 0 Å². The molecular formula is C10H14N2O6. The molecule has 2 heterocycles. The number of ether oxygens (including phenoxy) is 1. The second kappa shape index (κ2) is 4.65. The summed E-state index contributed by atoms with van der Waals surface area (Å²) in [4.78, 5) is 24.5. The molecule has 2 rings (SSSR count). The second-order valence-electron chi connectivity index (χ2n) is 4.23. The molecule has 1 saturated heterocycles. The number of H-pyrrole nitrogens is 1. The summed E-state index contributed by atoms with van der Waals surface area (Å²) in [6, 6.07) is 1.10. The minimum absolute atomic E-state index is 0.573. The van der Waals surface area contributed by atoms with Gasteiger partial charge in [0.1, 0.15) is 18.3 Å². The zero-order valence-electron chi connectivity index (χ0n) is 9.56. The highest BCUT2D eigenvalue weighted by atomic mass is 16.6. The van der Waals surface area contributed by atoms with Crippen molar-refractivity contribution in [3.05, 3.63) is 33.1 Å². The molecule has 0 radical (unpaired) electrons.